The number of ether oxygens (including phenoxy) is 1. The fourth-order valence-electron chi connectivity index (χ4n) is 5.10. The van der Waals surface area contributed by atoms with Crippen molar-refractivity contribution in [2.24, 2.45) is 5.73 Å². The van der Waals surface area contributed by atoms with Gasteiger partial charge in [0, 0.05) is 23.2 Å². The van der Waals surface area contributed by atoms with E-state index >= 15 is 0 Å². The van der Waals surface area contributed by atoms with Crippen LogP contribution in [-0.2, 0) is 16.7 Å². The van der Waals surface area contributed by atoms with E-state index in [0.29, 0.717) is 25.1 Å². The average Bonchev–Trinajstić information content (AvgIpc) is 3.75. The molecule has 2 fully saturated rings. The summed E-state index contributed by atoms with van der Waals surface area (Å²) in [5.41, 5.74) is 8.26. The molecule has 0 aliphatic carbocycles. The third-order valence-corrected chi connectivity index (χ3v) is 8.14. The number of carbonyl (C=O) groups is 2. The zero-order chi connectivity index (χ0) is 27.9. The van der Waals surface area contributed by atoms with Gasteiger partial charge >= 0.3 is 6.09 Å². The predicted octanol–water partition coefficient (Wildman–Crippen LogP) is 4.25. The molecular formula is C28H29N7O4S. The second-order valence-electron chi connectivity index (χ2n) is 10.3. The van der Waals surface area contributed by atoms with Crippen LogP contribution in [0.5, 0.6) is 0 Å². The van der Waals surface area contributed by atoms with Crippen LogP contribution in [0.3, 0.4) is 0 Å². The minimum atomic E-state index is -0.934. The van der Waals surface area contributed by atoms with Gasteiger partial charge in [0.1, 0.15) is 23.1 Å². The number of cyclic esters (lactones) is 1. The standard InChI is InChI=1S/C28H29N7O4S/c1-17-16-40-24(30-17)21-9-6-10-34(21)25(36)19-13-20(31-22(14-19)35-11-12-38-27(35)37)23-32-33-26(39-23)28(2,29)15-18-7-4-3-5-8-18/h3-5,7-8,13-14,16,21H,6,9-12,15,29H2,1-2H3/t21-,28+/m1/s1. The fraction of sp³-hybridized carbons (Fsp3) is 0.357. The van der Waals surface area contributed by atoms with Gasteiger partial charge in [0.2, 0.25) is 5.89 Å². The molecule has 0 spiro atoms. The summed E-state index contributed by atoms with van der Waals surface area (Å²) in [6, 6.07) is 12.9. The lowest BCUT2D eigenvalue weighted by Gasteiger charge is -2.24. The molecule has 12 heteroatoms. The monoisotopic (exact) mass is 559 g/mol. The number of thiazole rings is 1. The molecule has 0 saturated carbocycles. The van der Waals surface area contributed by atoms with Gasteiger partial charge in [-0.05, 0) is 50.8 Å². The van der Waals surface area contributed by atoms with Crippen LogP contribution in [-0.4, -0.2) is 56.8 Å². The van der Waals surface area contributed by atoms with Gasteiger partial charge in [-0.2, -0.15) is 0 Å². The van der Waals surface area contributed by atoms with Gasteiger partial charge in [-0.3, -0.25) is 9.69 Å². The molecule has 1 aromatic carbocycles. The Kier molecular flexibility index (Phi) is 6.80. The molecular weight excluding hydrogens is 530 g/mol. The Balaban J connectivity index is 1.35. The van der Waals surface area contributed by atoms with Gasteiger partial charge < -0.3 is 19.8 Å². The van der Waals surface area contributed by atoms with E-state index in [-0.39, 0.29) is 41.8 Å². The Morgan fingerprint density at radius 1 is 1.18 bits per heavy atom. The number of aryl methyl sites for hydroxylation is 1. The number of benzene rings is 1. The van der Waals surface area contributed by atoms with Crippen molar-refractivity contribution in [1.82, 2.24) is 25.1 Å². The van der Waals surface area contributed by atoms with E-state index in [4.69, 9.17) is 14.9 Å². The first-order chi connectivity index (χ1) is 19.3. The van der Waals surface area contributed by atoms with Gasteiger partial charge in [0.15, 0.2) is 0 Å². The summed E-state index contributed by atoms with van der Waals surface area (Å²) in [4.78, 5) is 38.8. The van der Waals surface area contributed by atoms with Crippen molar-refractivity contribution in [3.63, 3.8) is 0 Å². The summed E-state index contributed by atoms with van der Waals surface area (Å²) in [6.45, 7) is 4.94. The maximum atomic E-state index is 13.9. The van der Waals surface area contributed by atoms with Crippen LogP contribution in [0.25, 0.3) is 11.6 Å². The molecule has 2 N–H and O–H groups in total. The highest BCUT2D eigenvalue weighted by molar-refractivity contribution is 7.09. The molecule has 5 heterocycles. The van der Waals surface area contributed by atoms with Gasteiger partial charge in [0.05, 0.1) is 18.1 Å². The summed E-state index contributed by atoms with van der Waals surface area (Å²) in [5.74, 6) is 0.450. The Bertz CT molecular complexity index is 1550. The highest BCUT2D eigenvalue weighted by atomic mass is 32.1. The molecule has 2 saturated heterocycles. The number of amides is 2. The van der Waals surface area contributed by atoms with Crippen molar-refractivity contribution in [2.75, 3.05) is 24.6 Å². The van der Waals surface area contributed by atoms with Gasteiger partial charge in [-0.1, -0.05) is 30.3 Å². The third kappa shape index (κ3) is 5.07. The highest BCUT2D eigenvalue weighted by Crippen LogP contribution is 2.36. The van der Waals surface area contributed by atoms with Crippen LogP contribution < -0.4 is 10.6 Å². The largest absolute Gasteiger partial charge is 0.447 e. The second kappa shape index (κ2) is 10.4. The maximum Gasteiger partial charge on any atom is 0.415 e. The normalized spacial score (nSPS) is 18.7. The van der Waals surface area contributed by atoms with E-state index in [1.54, 1.807) is 23.5 Å². The van der Waals surface area contributed by atoms with Gasteiger partial charge in [0.25, 0.3) is 11.8 Å². The van der Waals surface area contributed by atoms with E-state index in [1.165, 1.54) is 4.90 Å². The van der Waals surface area contributed by atoms with Crippen molar-refractivity contribution < 1.29 is 18.7 Å². The number of aromatic nitrogens is 4. The first kappa shape index (κ1) is 26.1. The number of nitrogens with two attached hydrogens (primary N) is 1. The topological polar surface area (TPSA) is 141 Å². The molecule has 0 bridgehead atoms. The van der Waals surface area contributed by atoms with E-state index in [0.717, 1.165) is 29.1 Å². The average molecular weight is 560 g/mol. The van der Waals surface area contributed by atoms with E-state index in [9.17, 15) is 9.59 Å². The van der Waals surface area contributed by atoms with Crippen LogP contribution >= 0.6 is 11.3 Å². The number of likely N-dealkylation sites (tertiary alicyclic amines) is 1. The number of nitrogens with zero attached hydrogens (tertiary/aromatic N) is 6. The maximum absolute atomic E-state index is 13.9. The van der Waals surface area contributed by atoms with Crippen molar-refractivity contribution >= 4 is 29.2 Å². The van der Waals surface area contributed by atoms with Crippen LogP contribution in [0.15, 0.2) is 52.3 Å². The SMILES string of the molecule is Cc1csc([C@H]2CCCN2C(=O)c2cc(-c3nnc([C@@](C)(N)Cc4ccccc4)o3)nc(N3CCOC3=O)c2)n1. The lowest BCUT2D eigenvalue weighted by atomic mass is 9.94. The molecule has 2 amide bonds. The van der Waals surface area contributed by atoms with Crippen molar-refractivity contribution in [1.29, 1.82) is 0 Å². The van der Waals surface area contributed by atoms with E-state index < -0.39 is 11.6 Å². The number of pyridine rings is 1. The first-order valence-corrected chi connectivity index (χ1v) is 14.0. The van der Waals surface area contributed by atoms with Crippen molar-refractivity contribution in [2.45, 2.75) is 44.7 Å². The number of hydrogen-bond donors (Lipinski definition) is 1. The summed E-state index contributed by atoms with van der Waals surface area (Å²) in [7, 11) is 0. The van der Waals surface area contributed by atoms with Crippen molar-refractivity contribution in [3.8, 4) is 11.6 Å². The lowest BCUT2D eigenvalue weighted by Crippen LogP contribution is -2.35. The Morgan fingerprint density at radius 2 is 2.00 bits per heavy atom. The molecule has 11 nitrogen and oxygen atoms in total. The van der Waals surface area contributed by atoms with Crippen LogP contribution in [0.4, 0.5) is 10.6 Å². The Labute approximate surface area is 235 Å². The molecule has 2 aliphatic heterocycles. The van der Waals surface area contributed by atoms with Gasteiger partial charge in [-0.25, -0.2) is 14.8 Å². The molecule has 40 heavy (non-hydrogen) atoms. The van der Waals surface area contributed by atoms with Crippen LogP contribution in [0.2, 0.25) is 0 Å². The van der Waals surface area contributed by atoms with E-state index in [2.05, 4.69) is 20.2 Å². The molecule has 2 aliphatic rings. The summed E-state index contributed by atoms with van der Waals surface area (Å²) >= 11 is 1.56. The molecule has 0 unspecified atom stereocenters. The summed E-state index contributed by atoms with van der Waals surface area (Å²) < 4.78 is 11.2. The predicted molar refractivity (Wildman–Crippen MR) is 148 cm³/mol. The molecule has 206 valence electrons. The number of hydrogen-bond acceptors (Lipinski definition) is 10. The Hall–Kier alpha value is -4.16. The second-order valence-corrected chi connectivity index (χ2v) is 11.2. The molecule has 3 aromatic heterocycles. The zero-order valence-electron chi connectivity index (χ0n) is 22.2. The zero-order valence-corrected chi connectivity index (χ0v) is 23.1. The first-order valence-electron chi connectivity index (χ1n) is 13.1. The number of anilines is 1. The third-order valence-electron chi connectivity index (χ3n) is 7.08. The highest BCUT2D eigenvalue weighted by Gasteiger charge is 2.35. The summed E-state index contributed by atoms with van der Waals surface area (Å²) in [5, 5.41) is 11.4. The Morgan fingerprint density at radius 3 is 2.73 bits per heavy atom. The lowest BCUT2D eigenvalue weighted by molar-refractivity contribution is 0.0735. The molecule has 6 rings (SSSR count). The van der Waals surface area contributed by atoms with Crippen molar-refractivity contribution in [3.05, 3.63) is 75.6 Å². The minimum absolute atomic E-state index is 0.103. The smallest absolute Gasteiger partial charge is 0.415 e. The fourth-order valence-corrected chi connectivity index (χ4v) is 6.04. The van der Waals surface area contributed by atoms with E-state index in [1.807, 2.05) is 54.5 Å². The quantitative estimate of drug-likeness (QED) is 0.352. The van der Waals surface area contributed by atoms with Crippen LogP contribution in [0.1, 0.15) is 58.3 Å². The summed E-state index contributed by atoms with van der Waals surface area (Å²) in [6.07, 6.45) is 1.68. The number of carbonyl (C=O) groups excluding carboxylic acids is 2. The number of rotatable bonds is 7. The molecule has 4 aromatic rings. The molecule has 0 radical (unpaired) electrons. The minimum Gasteiger partial charge on any atom is -0.447 e. The van der Waals surface area contributed by atoms with Gasteiger partial charge in [-0.15, -0.1) is 21.5 Å². The molecule has 2 atom stereocenters. The van der Waals surface area contributed by atoms with Crippen LogP contribution in [0, 0.1) is 6.92 Å².